The molecular formula is C10H18Cl2. The quantitative estimate of drug-likeness (QED) is 0.615. The smallest absolute Gasteiger partial charge is 0.0291 e. The summed E-state index contributed by atoms with van der Waals surface area (Å²) in [5.74, 6) is 2.18. The van der Waals surface area contributed by atoms with Crippen molar-refractivity contribution in [1.82, 2.24) is 0 Å². The lowest BCUT2D eigenvalue weighted by molar-refractivity contribution is 0.187. The maximum absolute atomic E-state index is 5.96. The van der Waals surface area contributed by atoms with Gasteiger partial charge in [-0.05, 0) is 24.2 Å². The molecule has 1 aliphatic carbocycles. The molecule has 1 saturated carbocycles. The summed E-state index contributed by atoms with van der Waals surface area (Å²) in [7, 11) is 0. The first-order valence-corrected chi connectivity index (χ1v) is 5.92. The van der Waals surface area contributed by atoms with E-state index in [1.807, 2.05) is 0 Å². The number of alkyl halides is 2. The van der Waals surface area contributed by atoms with Crippen molar-refractivity contribution in [2.45, 2.75) is 39.0 Å². The van der Waals surface area contributed by atoms with Crippen LogP contribution in [0.2, 0.25) is 0 Å². The molecule has 0 atom stereocenters. The van der Waals surface area contributed by atoms with E-state index in [0.29, 0.717) is 11.8 Å². The predicted molar refractivity (Wildman–Crippen MR) is 56.1 cm³/mol. The fourth-order valence-electron chi connectivity index (χ4n) is 2.05. The molecule has 0 unspecified atom stereocenters. The fourth-order valence-corrected chi connectivity index (χ4v) is 2.78. The van der Waals surface area contributed by atoms with Crippen LogP contribution in [-0.2, 0) is 0 Å². The maximum atomic E-state index is 5.96. The molecule has 0 bridgehead atoms. The highest BCUT2D eigenvalue weighted by atomic mass is 35.5. The molecule has 0 aromatic heterocycles. The van der Waals surface area contributed by atoms with Crippen LogP contribution in [-0.4, -0.2) is 11.8 Å². The third kappa shape index (κ3) is 2.29. The molecule has 0 N–H and O–H groups in total. The largest absolute Gasteiger partial charge is 0.126 e. The van der Waals surface area contributed by atoms with Crippen LogP contribution in [0.4, 0.5) is 0 Å². The number of halogens is 2. The zero-order valence-corrected chi connectivity index (χ0v) is 9.29. The molecule has 1 aliphatic rings. The van der Waals surface area contributed by atoms with E-state index in [9.17, 15) is 0 Å². The van der Waals surface area contributed by atoms with Gasteiger partial charge in [0.05, 0.1) is 0 Å². The molecular weight excluding hydrogens is 191 g/mol. The molecule has 72 valence electrons. The van der Waals surface area contributed by atoms with Gasteiger partial charge in [-0.1, -0.05) is 26.2 Å². The average Bonchev–Trinajstić information content (AvgIpc) is 2.18. The first kappa shape index (κ1) is 10.7. The van der Waals surface area contributed by atoms with Crippen molar-refractivity contribution >= 4 is 23.2 Å². The molecule has 1 rings (SSSR count). The lowest BCUT2D eigenvalue weighted by Gasteiger charge is -2.37. The van der Waals surface area contributed by atoms with E-state index >= 15 is 0 Å². The van der Waals surface area contributed by atoms with Crippen LogP contribution in [0.5, 0.6) is 0 Å². The molecule has 12 heavy (non-hydrogen) atoms. The SMILES string of the molecule is CC(CCl)(CCl)C1CCCCC1. The van der Waals surface area contributed by atoms with Crippen molar-refractivity contribution < 1.29 is 0 Å². The first-order valence-electron chi connectivity index (χ1n) is 4.85. The molecule has 0 aliphatic heterocycles. The zero-order valence-electron chi connectivity index (χ0n) is 7.78. The Bertz CT molecular complexity index is 124. The van der Waals surface area contributed by atoms with Crippen LogP contribution >= 0.6 is 23.2 Å². The average molecular weight is 209 g/mol. The van der Waals surface area contributed by atoms with E-state index < -0.39 is 0 Å². The van der Waals surface area contributed by atoms with Crippen LogP contribution in [0.1, 0.15) is 39.0 Å². The minimum Gasteiger partial charge on any atom is -0.126 e. The Morgan fingerprint density at radius 3 is 2.00 bits per heavy atom. The first-order chi connectivity index (χ1) is 5.73. The van der Waals surface area contributed by atoms with E-state index in [2.05, 4.69) is 6.92 Å². The highest BCUT2D eigenvalue weighted by molar-refractivity contribution is 6.21. The molecule has 0 spiro atoms. The third-order valence-electron chi connectivity index (χ3n) is 3.20. The lowest BCUT2D eigenvalue weighted by atomic mass is 9.72. The predicted octanol–water partition coefficient (Wildman–Crippen LogP) is 4.05. The topological polar surface area (TPSA) is 0 Å². The van der Waals surface area contributed by atoms with Gasteiger partial charge in [0.15, 0.2) is 0 Å². The van der Waals surface area contributed by atoms with E-state index in [-0.39, 0.29) is 5.41 Å². The Kier molecular flexibility index (Phi) is 4.19. The highest BCUT2D eigenvalue weighted by Crippen LogP contribution is 2.40. The van der Waals surface area contributed by atoms with Crippen molar-refractivity contribution in [1.29, 1.82) is 0 Å². The molecule has 0 amide bonds. The van der Waals surface area contributed by atoms with Crippen molar-refractivity contribution in [3.05, 3.63) is 0 Å². The van der Waals surface area contributed by atoms with Gasteiger partial charge in [-0.2, -0.15) is 0 Å². The van der Waals surface area contributed by atoms with Gasteiger partial charge in [0, 0.05) is 11.8 Å². The lowest BCUT2D eigenvalue weighted by Crippen LogP contribution is -2.32. The van der Waals surface area contributed by atoms with Gasteiger partial charge in [0.1, 0.15) is 0 Å². The summed E-state index contributed by atoms with van der Waals surface area (Å²) >= 11 is 11.9. The Morgan fingerprint density at radius 1 is 1.08 bits per heavy atom. The number of hydrogen-bond donors (Lipinski definition) is 0. The molecule has 0 nitrogen and oxygen atoms in total. The monoisotopic (exact) mass is 208 g/mol. The Balaban J connectivity index is 2.51. The fraction of sp³-hybridized carbons (Fsp3) is 1.00. The summed E-state index contributed by atoms with van der Waals surface area (Å²) in [5.41, 5.74) is 0.184. The standard InChI is InChI=1S/C10H18Cl2/c1-10(7-11,8-12)9-5-3-2-4-6-9/h9H,2-8H2,1H3. The van der Waals surface area contributed by atoms with E-state index in [1.165, 1.54) is 32.1 Å². The van der Waals surface area contributed by atoms with Crippen LogP contribution < -0.4 is 0 Å². The van der Waals surface area contributed by atoms with Gasteiger partial charge >= 0.3 is 0 Å². The van der Waals surface area contributed by atoms with Gasteiger partial charge in [-0.25, -0.2) is 0 Å². The van der Waals surface area contributed by atoms with Crippen LogP contribution in [0.25, 0.3) is 0 Å². The minimum absolute atomic E-state index is 0.184. The summed E-state index contributed by atoms with van der Waals surface area (Å²) < 4.78 is 0. The van der Waals surface area contributed by atoms with Gasteiger partial charge in [-0.15, -0.1) is 23.2 Å². The Morgan fingerprint density at radius 2 is 1.58 bits per heavy atom. The van der Waals surface area contributed by atoms with Crippen molar-refractivity contribution in [3.63, 3.8) is 0 Å². The highest BCUT2D eigenvalue weighted by Gasteiger charge is 2.33. The third-order valence-corrected chi connectivity index (χ3v) is 4.42. The summed E-state index contributed by atoms with van der Waals surface area (Å²) in [6, 6.07) is 0. The summed E-state index contributed by atoms with van der Waals surface area (Å²) in [6.45, 7) is 2.23. The van der Waals surface area contributed by atoms with Crippen molar-refractivity contribution in [2.75, 3.05) is 11.8 Å². The van der Waals surface area contributed by atoms with E-state index in [1.54, 1.807) is 0 Å². The number of rotatable bonds is 3. The second-order valence-electron chi connectivity index (χ2n) is 4.26. The normalized spacial score (nSPS) is 21.2. The summed E-state index contributed by atoms with van der Waals surface area (Å²) in [6.07, 6.45) is 6.80. The molecule has 0 aromatic carbocycles. The van der Waals surface area contributed by atoms with Crippen molar-refractivity contribution in [2.24, 2.45) is 11.3 Å². The van der Waals surface area contributed by atoms with E-state index in [0.717, 1.165) is 5.92 Å². The zero-order chi connectivity index (χ0) is 9.03. The second-order valence-corrected chi connectivity index (χ2v) is 4.79. The van der Waals surface area contributed by atoms with Crippen LogP contribution in [0, 0.1) is 11.3 Å². The van der Waals surface area contributed by atoms with E-state index in [4.69, 9.17) is 23.2 Å². The van der Waals surface area contributed by atoms with Gasteiger partial charge in [0.25, 0.3) is 0 Å². The molecule has 0 aromatic rings. The summed E-state index contributed by atoms with van der Waals surface area (Å²) in [5, 5.41) is 0. The molecule has 0 radical (unpaired) electrons. The van der Waals surface area contributed by atoms with Gasteiger partial charge < -0.3 is 0 Å². The molecule has 2 heteroatoms. The number of hydrogen-bond acceptors (Lipinski definition) is 0. The molecule has 0 saturated heterocycles. The molecule has 1 fully saturated rings. The molecule has 0 heterocycles. The second kappa shape index (κ2) is 4.72. The van der Waals surface area contributed by atoms with Gasteiger partial charge in [0.2, 0.25) is 0 Å². The maximum Gasteiger partial charge on any atom is 0.0291 e. The van der Waals surface area contributed by atoms with Crippen LogP contribution in [0.3, 0.4) is 0 Å². The van der Waals surface area contributed by atoms with Crippen molar-refractivity contribution in [3.8, 4) is 0 Å². The Hall–Kier alpha value is 0.580. The Labute approximate surface area is 85.6 Å². The summed E-state index contributed by atoms with van der Waals surface area (Å²) in [4.78, 5) is 0. The minimum atomic E-state index is 0.184. The van der Waals surface area contributed by atoms with Gasteiger partial charge in [-0.3, -0.25) is 0 Å². The van der Waals surface area contributed by atoms with Crippen LogP contribution in [0.15, 0.2) is 0 Å².